The molecule has 1 aromatic rings. The van der Waals surface area contributed by atoms with Crippen molar-refractivity contribution in [2.45, 2.75) is 52.0 Å². The van der Waals surface area contributed by atoms with Crippen LogP contribution in [0.15, 0.2) is 29.8 Å². The maximum Gasteiger partial charge on any atom is 0.115 e. The molecule has 21 heavy (non-hydrogen) atoms. The van der Waals surface area contributed by atoms with Crippen molar-refractivity contribution in [3.8, 4) is 5.75 Å². The predicted octanol–water partition coefficient (Wildman–Crippen LogP) is 3.88. The second-order valence-corrected chi connectivity index (χ2v) is 7.46. The molecule has 2 aliphatic rings. The molecule has 1 saturated heterocycles. The molecule has 0 spiro atoms. The number of aromatic hydroxyl groups is 1. The van der Waals surface area contributed by atoms with E-state index in [0.29, 0.717) is 17.7 Å². The van der Waals surface area contributed by atoms with Gasteiger partial charge >= 0.3 is 0 Å². The van der Waals surface area contributed by atoms with Crippen LogP contribution in [0.3, 0.4) is 0 Å². The number of likely N-dealkylation sites (tertiary alicyclic amines) is 1. The van der Waals surface area contributed by atoms with Crippen LogP contribution in [0.2, 0.25) is 0 Å². The summed E-state index contributed by atoms with van der Waals surface area (Å²) in [5.74, 6) is 1.02. The van der Waals surface area contributed by atoms with Crippen molar-refractivity contribution < 1.29 is 5.11 Å². The van der Waals surface area contributed by atoms with Crippen molar-refractivity contribution in [1.82, 2.24) is 4.90 Å². The average Bonchev–Trinajstić information content (AvgIpc) is 2.42. The van der Waals surface area contributed by atoms with Crippen LogP contribution in [0, 0.1) is 5.92 Å². The van der Waals surface area contributed by atoms with Crippen LogP contribution in [-0.4, -0.2) is 29.1 Å². The third-order valence-electron chi connectivity index (χ3n) is 5.67. The predicted molar refractivity (Wildman–Crippen MR) is 87.7 cm³/mol. The largest absolute Gasteiger partial charge is 0.508 e. The quantitative estimate of drug-likeness (QED) is 0.834. The van der Waals surface area contributed by atoms with Crippen LogP contribution < -0.4 is 0 Å². The zero-order chi connectivity index (χ0) is 15.2. The molecule has 0 amide bonds. The fraction of sp³-hybridized carbons (Fsp3) is 0.579. The highest BCUT2D eigenvalue weighted by Gasteiger charge is 2.46. The minimum atomic E-state index is 0.207. The lowest BCUT2D eigenvalue weighted by atomic mass is 9.60. The van der Waals surface area contributed by atoms with Crippen LogP contribution in [0.4, 0.5) is 0 Å². The Kier molecular flexibility index (Phi) is 3.61. The van der Waals surface area contributed by atoms with Gasteiger partial charge in [-0.15, -0.1) is 0 Å². The molecule has 2 bridgehead atoms. The van der Waals surface area contributed by atoms with E-state index in [9.17, 15) is 5.11 Å². The summed E-state index contributed by atoms with van der Waals surface area (Å²) in [7, 11) is 0. The Morgan fingerprint density at radius 3 is 2.90 bits per heavy atom. The van der Waals surface area contributed by atoms with Crippen molar-refractivity contribution in [2.75, 3.05) is 13.1 Å². The highest BCUT2D eigenvalue weighted by Crippen LogP contribution is 2.48. The zero-order valence-electron chi connectivity index (χ0n) is 13.7. The number of fused-ring (bicyclic) bond motifs is 4. The minimum Gasteiger partial charge on any atom is -0.508 e. The van der Waals surface area contributed by atoms with Gasteiger partial charge in [0.05, 0.1) is 0 Å². The van der Waals surface area contributed by atoms with Gasteiger partial charge in [0.2, 0.25) is 0 Å². The Morgan fingerprint density at radius 1 is 1.43 bits per heavy atom. The maximum atomic E-state index is 9.87. The van der Waals surface area contributed by atoms with Crippen LogP contribution in [-0.2, 0) is 11.8 Å². The molecule has 1 fully saturated rings. The molecule has 0 saturated carbocycles. The van der Waals surface area contributed by atoms with E-state index >= 15 is 0 Å². The molecule has 1 aliphatic heterocycles. The van der Waals surface area contributed by atoms with E-state index in [1.807, 2.05) is 12.1 Å². The fourth-order valence-electron chi connectivity index (χ4n) is 4.15. The van der Waals surface area contributed by atoms with Crippen molar-refractivity contribution in [3.05, 3.63) is 41.0 Å². The number of hydrogen-bond donors (Lipinski definition) is 1. The summed E-state index contributed by atoms with van der Waals surface area (Å²) < 4.78 is 0. The summed E-state index contributed by atoms with van der Waals surface area (Å²) in [5.41, 5.74) is 4.42. The standard InChI is InChI=1S/C19H27NO/c1-13(2)7-8-20-12-14(3)19(4)11-16(20)9-15-5-6-17(21)10-18(15)19/h5-7,10,14,16,21H,8-9,11-12H2,1-4H3/t14-,16+,19+/m1/s1. The molecule has 0 aromatic heterocycles. The van der Waals surface area contributed by atoms with Crippen LogP contribution in [0.5, 0.6) is 5.75 Å². The van der Waals surface area contributed by atoms with E-state index in [0.717, 1.165) is 19.5 Å². The summed E-state index contributed by atoms with van der Waals surface area (Å²) in [5, 5.41) is 9.87. The van der Waals surface area contributed by atoms with E-state index in [4.69, 9.17) is 0 Å². The Labute approximate surface area is 128 Å². The SMILES string of the molecule is CC(C)=CCN1C[C@@H](C)[C@]2(C)C[C@@H]1Cc1ccc(O)cc12. The minimum absolute atomic E-state index is 0.207. The van der Waals surface area contributed by atoms with Crippen LogP contribution in [0.1, 0.15) is 45.2 Å². The van der Waals surface area contributed by atoms with Crippen LogP contribution in [0.25, 0.3) is 0 Å². The van der Waals surface area contributed by atoms with Gasteiger partial charge < -0.3 is 5.11 Å². The topological polar surface area (TPSA) is 23.5 Å². The number of nitrogens with zero attached hydrogens (tertiary/aromatic N) is 1. The van der Waals surface area contributed by atoms with E-state index in [2.05, 4.69) is 44.7 Å². The highest BCUT2D eigenvalue weighted by molar-refractivity contribution is 5.43. The number of phenols is 1. The molecule has 1 heterocycles. The van der Waals surface area contributed by atoms with Crippen LogP contribution >= 0.6 is 0 Å². The van der Waals surface area contributed by atoms with Gasteiger partial charge in [0.1, 0.15) is 5.75 Å². The molecule has 3 rings (SSSR count). The zero-order valence-corrected chi connectivity index (χ0v) is 13.7. The highest BCUT2D eigenvalue weighted by atomic mass is 16.3. The first kappa shape index (κ1) is 14.6. The van der Waals surface area contributed by atoms with Gasteiger partial charge in [0, 0.05) is 19.1 Å². The van der Waals surface area contributed by atoms with Gasteiger partial charge in [-0.25, -0.2) is 0 Å². The molecule has 114 valence electrons. The fourth-order valence-corrected chi connectivity index (χ4v) is 4.15. The van der Waals surface area contributed by atoms with Gasteiger partial charge in [0.25, 0.3) is 0 Å². The van der Waals surface area contributed by atoms with E-state index < -0.39 is 0 Å². The first-order valence-electron chi connectivity index (χ1n) is 8.10. The lowest BCUT2D eigenvalue weighted by Crippen LogP contribution is -2.56. The first-order valence-corrected chi connectivity index (χ1v) is 8.10. The number of piperidine rings is 1. The lowest BCUT2D eigenvalue weighted by Gasteiger charge is -2.53. The third kappa shape index (κ3) is 2.50. The molecule has 1 aromatic carbocycles. The molecular weight excluding hydrogens is 258 g/mol. The Morgan fingerprint density at radius 2 is 2.19 bits per heavy atom. The second kappa shape index (κ2) is 5.17. The summed E-state index contributed by atoms with van der Waals surface area (Å²) in [6, 6.07) is 6.62. The first-order chi connectivity index (χ1) is 9.90. The Hall–Kier alpha value is -1.28. The van der Waals surface area contributed by atoms with Crippen molar-refractivity contribution in [2.24, 2.45) is 5.92 Å². The van der Waals surface area contributed by atoms with Gasteiger partial charge in [0.15, 0.2) is 0 Å². The normalized spacial score (nSPS) is 31.6. The van der Waals surface area contributed by atoms with Gasteiger partial charge in [-0.3, -0.25) is 4.90 Å². The number of rotatable bonds is 2. The van der Waals surface area contributed by atoms with Crippen molar-refractivity contribution >= 4 is 0 Å². The summed E-state index contributed by atoms with van der Waals surface area (Å²) >= 11 is 0. The lowest BCUT2D eigenvalue weighted by molar-refractivity contribution is 0.0524. The number of benzene rings is 1. The molecule has 1 aliphatic carbocycles. The molecule has 2 nitrogen and oxygen atoms in total. The Balaban J connectivity index is 1.95. The smallest absolute Gasteiger partial charge is 0.115 e. The number of allylic oxidation sites excluding steroid dienone is 1. The monoisotopic (exact) mass is 285 g/mol. The molecule has 0 radical (unpaired) electrons. The van der Waals surface area contributed by atoms with Gasteiger partial charge in [-0.05, 0) is 61.3 Å². The molecule has 2 heteroatoms. The molecule has 0 unspecified atom stereocenters. The number of phenolic OH excluding ortho intramolecular Hbond substituents is 1. The number of hydrogen-bond acceptors (Lipinski definition) is 2. The second-order valence-electron chi connectivity index (χ2n) is 7.46. The molecular formula is C19H27NO. The van der Waals surface area contributed by atoms with Gasteiger partial charge in [-0.1, -0.05) is 31.6 Å². The maximum absolute atomic E-state index is 9.87. The summed E-state index contributed by atoms with van der Waals surface area (Å²) in [4.78, 5) is 2.65. The third-order valence-corrected chi connectivity index (χ3v) is 5.67. The van der Waals surface area contributed by atoms with E-state index in [-0.39, 0.29) is 5.41 Å². The molecule has 1 N–H and O–H groups in total. The van der Waals surface area contributed by atoms with E-state index in [1.165, 1.54) is 23.1 Å². The van der Waals surface area contributed by atoms with Gasteiger partial charge in [-0.2, -0.15) is 0 Å². The Bertz CT molecular complexity index is 573. The van der Waals surface area contributed by atoms with Crippen molar-refractivity contribution in [3.63, 3.8) is 0 Å². The summed E-state index contributed by atoms with van der Waals surface area (Å²) in [6.45, 7) is 11.3. The average molecular weight is 285 g/mol. The van der Waals surface area contributed by atoms with Crippen molar-refractivity contribution in [1.29, 1.82) is 0 Å². The molecule has 3 atom stereocenters. The van der Waals surface area contributed by atoms with E-state index in [1.54, 1.807) is 0 Å². The summed E-state index contributed by atoms with van der Waals surface area (Å²) in [6.07, 6.45) is 4.68.